The minimum absolute atomic E-state index is 0.0628. The zero-order valence-electron chi connectivity index (χ0n) is 12.8. The lowest BCUT2D eigenvalue weighted by atomic mass is 10.2. The van der Waals surface area contributed by atoms with E-state index >= 15 is 0 Å². The number of nitrogens with one attached hydrogen (secondary N) is 1. The SMILES string of the molecule is Cc1cc(OCC(=O)Nc2c(Cl)cc(S(N)(=O)=O)cc2Cl)ccc1Cl. The molecule has 0 aromatic heterocycles. The van der Waals surface area contributed by atoms with Crippen LogP contribution < -0.4 is 15.2 Å². The van der Waals surface area contributed by atoms with Gasteiger partial charge in [-0.15, -0.1) is 0 Å². The summed E-state index contributed by atoms with van der Waals surface area (Å²) in [7, 11) is -3.96. The molecule has 0 aliphatic carbocycles. The Labute approximate surface area is 159 Å². The first-order valence-corrected chi connectivity index (χ1v) is 9.46. The van der Waals surface area contributed by atoms with E-state index in [4.69, 9.17) is 44.7 Å². The minimum Gasteiger partial charge on any atom is -0.484 e. The number of amides is 1. The first kappa shape index (κ1) is 19.8. The van der Waals surface area contributed by atoms with Gasteiger partial charge in [-0.1, -0.05) is 34.8 Å². The van der Waals surface area contributed by atoms with Gasteiger partial charge in [-0.25, -0.2) is 13.6 Å². The Balaban J connectivity index is 2.09. The maximum Gasteiger partial charge on any atom is 0.262 e. The number of anilines is 1. The van der Waals surface area contributed by atoms with Gasteiger partial charge in [-0.3, -0.25) is 4.79 Å². The minimum atomic E-state index is -3.96. The third kappa shape index (κ3) is 5.23. The van der Waals surface area contributed by atoms with Crippen molar-refractivity contribution in [2.24, 2.45) is 5.14 Å². The molecule has 0 radical (unpaired) electrons. The maximum atomic E-state index is 12.0. The van der Waals surface area contributed by atoms with Crippen molar-refractivity contribution in [3.63, 3.8) is 0 Å². The number of benzene rings is 2. The van der Waals surface area contributed by atoms with Crippen LogP contribution >= 0.6 is 34.8 Å². The summed E-state index contributed by atoms with van der Waals surface area (Å²) in [5.74, 6) is -0.0569. The zero-order chi connectivity index (χ0) is 18.8. The van der Waals surface area contributed by atoms with Crippen molar-refractivity contribution in [3.8, 4) is 5.75 Å². The van der Waals surface area contributed by atoms with Crippen molar-refractivity contribution in [2.75, 3.05) is 11.9 Å². The predicted molar refractivity (Wildman–Crippen MR) is 98.1 cm³/mol. The number of nitrogens with two attached hydrogens (primary N) is 1. The van der Waals surface area contributed by atoms with Crippen LogP contribution in [0.2, 0.25) is 15.1 Å². The lowest BCUT2D eigenvalue weighted by Gasteiger charge is -2.12. The van der Waals surface area contributed by atoms with E-state index in [2.05, 4.69) is 5.32 Å². The van der Waals surface area contributed by atoms with E-state index in [1.807, 2.05) is 6.92 Å². The van der Waals surface area contributed by atoms with E-state index in [1.165, 1.54) is 0 Å². The average molecular weight is 424 g/mol. The Hall–Kier alpha value is -1.51. The number of hydrogen-bond donors (Lipinski definition) is 2. The number of rotatable bonds is 5. The molecule has 2 aromatic carbocycles. The molecule has 0 aliphatic heterocycles. The summed E-state index contributed by atoms with van der Waals surface area (Å²) >= 11 is 17.8. The highest BCUT2D eigenvalue weighted by atomic mass is 35.5. The normalized spacial score (nSPS) is 11.2. The van der Waals surface area contributed by atoms with Crippen LogP contribution in [-0.4, -0.2) is 20.9 Å². The Morgan fingerprint density at radius 1 is 1.12 bits per heavy atom. The summed E-state index contributed by atoms with van der Waals surface area (Å²) in [5, 5.41) is 7.95. The summed E-state index contributed by atoms with van der Waals surface area (Å²) in [6.45, 7) is 1.51. The fourth-order valence-corrected chi connectivity index (χ4v) is 3.26. The van der Waals surface area contributed by atoms with E-state index in [0.717, 1.165) is 17.7 Å². The van der Waals surface area contributed by atoms with Crippen LogP contribution in [0.15, 0.2) is 35.2 Å². The molecular weight excluding hydrogens is 411 g/mol. The Kier molecular flexibility index (Phi) is 6.18. The second kappa shape index (κ2) is 7.80. The molecule has 0 heterocycles. The third-order valence-electron chi connectivity index (χ3n) is 3.11. The van der Waals surface area contributed by atoms with Crippen molar-refractivity contribution in [2.45, 2.75) is 11.8 Å². The van der Waals surface area contributed by atoms with Crippen molar-refractivity contribution in [1.82, 2.24) is 0 Å². The second-order valence-corrected chi connectivity index (χ2v) is 7.84. The van der Waals surface area contributed by atoms with Crippen molar-refractivity contribution in [3.05, 3.63) is 51.0 Å². The molecule has 0 fully saturated rings. The van der Waals surface area contributed by atoms with Crippen LogP contribution in [0.4, 0.5) is 5.69 Å². The number of aryl methyl sites for hydroxylation is 1. The number of sulfonamides is 1. The molecule has 2 aromatic rings. The number of carbonyl (C=O) groups excluding carboxylic acids is 1. The molecular formula is C15H13Cl3N2O4S. The fourth-order valence-electron chi connectivity index (χ4n) is 1.86. The summed E-state index contributed by atoms with van der Waals surface area (Å²) in [4.78, 5) is 11.7. The van der Waals surface area contributed by atoms with Gasteiger partial charge in [0, 0.05) is 5.02 Å². The van der Waals surface area contributed by atoms with E-state index in [1.54, 1.807) is 18.2 Å². The van der Waals surface area contributed by atoms with Gasteiger partial charge in [0.2, 0.25) is 10.0 Å². The predicted octanol–water partition coefficient (Wildman–Crippen LogP) is 3.62. The van der Waals surface area contributed by atoms with Crippen LogP contribution in [0.5, 0.6) is 5.75 Å². The van der Waals surface area contributed by atoms with Gasteiger partial charge in [0.25, 0.3) is 5.91 Å². The second-order valence-electron chi connectivity index (χ2n) is 5.05. The number of halogens is 3. The highest BCUT2D eigenvalue weighted by Crippen LogP contribution is 2.33. The van der Waals surface area contributed by atoms with Gasteiger partial charge in [0.15, 0.2) is 6.61 Å². The third-order valence-corrected chi connectivity index (χ3v) is 5.02. The first-order valence-electron chi connectivity index (χ1n) is 6.78. The quantitative estimate of drug-likeness (QED) is 0.767. The summed E-state index contributed by atoms with van der Waals surface area (Å²) in [6, 6.07) is 7.17. The van der Waals surface area contributed by atoms with Crippen LogP contribution in [0.1, 0.15) is 5.56 Å². The molecule has 0 aliphatic rings. The summed E-state index contributed by atoms with van der Waals surface area (Å²) in [6.07, 6.45) is 0. The average Bonchev–Trinajstić information content (AvgIpc) is 2.51. The largest absolute Gasteiger partial charge is 0.484 e. The van der Waals surface area contributed by atoms with E-state index in [-0.39, 0.29) is 27.2 Å². The van der Waals surface area contributed by atoms with Crippen LogP contribution in [0, 0.1) is 6.92 Å². The van der Waals surface area contributed by atoms with Gasteiger partial charge < -0.3 is 10.1 Å². The molecule has 2 rings (SSSR count). The molecule has 3 N–H and O–H groups in total. The Morgan fingerprint density at radius 3 is 2.24 bits per heavy atom. The first-order chi connectivity index (χ1) is 11.6. The van der Waals surface area contributed by atoms with Crippen molar-refractivity contribution in [1.29, 1.82) is 0 Å². The van der Waals surface area contributed by atoms with Crippen LogP contribution in [0.3, 0.4) is 0 Å². The fraction of sp³-hybridized carbons (Fsp3) is 0.133. The number of ether oxygens (including phenoxy) is 1. The van der Waals surface area contributed by atoms with Gasteiger partial charge in [-0.05, 0) is 42.8 Å². The molecule has 6 nitrogen and oxygen atoms in total. The Morgan fingerprint density at radius 2 is 1.72 bits per heavy atom. The Bertz CT molecular complexity index is 909. The molecule has 10 heteroatoms. The molecule has 0 saturated heterocycles. The molecule has 0 unspecified atom stereocenters. The van der Waals surface area contributed by atoms with Gasteiger partial charge in [-0.2, -0.15) is 0 Å². The van der Waals surface area contributed by atoms with Crippen molar-refractivity contribution >= 4 is 56.4 Å². The molecule has 0 spiro atoms. The molecule has 25 heavy (non-hydrogen) atoms. The van der Waals surface area contributed by atoms with Gasteiger partial charge >= 0.3 is 0 Å². The number of primary sulfonamides is 1. The van der Waals surface area contributed by atoms with E-state index in [0.29, 0.717) is 10.8 Å². The van der Waals surface area contributed by atoms with E-state index < -0.39 is 15.9 Å². The lowest BCUT2D eigenvalue weighted by molar-refractivity contribution is -0.118. The molecule has 134 valence electrons. The van der Waals surface area contributed by atoms with Crippen LogP contribution in [-0.2, 0) is 14.8 Å². The highest BCUT2D eigenvalue weighted by molar-refractivity contribution is 7.89. The van der Waals surface area contributed by atoms with Crippen molar-refractivity contribution < 1.29 is 17.9 Å². The maximum absolute atomic E-state index is 12.0. The number of carbonyl (C=O) groups is 1. The van der Waals surface area contributed by atoms with Gasteiger partial charge in [0.05, 0.1) is 20.6 Å². The standard InChI is InChI=1S/C15H13Cl3N2O4S/c1-8-4-9(2-3-11(8)16)24-7-14(21)20-15-12(17)5-10(6-13(15)18)25(19,22)23/h2-6H,7H2,1H3,(H,20,21)(H2,19,22,23). The summed E-state index contributed by atoms with van der Waals surface area (Å²) < 4.78 is 28.0. The molecule has 0 bridgehead atoms. The zero-order valence-corrected chi connectivity index (χ0v) is 15.9. The molecule has 0 atom stereocenters. The van der Waals surface area contributed by atoms with Gasteiger partial charge in [0.1, 0.15) is 5.75 Å². The molecule has 0 saturated carbocycles. The smallest absolute Gasteiger partial charge is 0.262 e. The monoisotopic (exact) mass is 422 g/mol. The number of hydrogen-bond acceptors (Lipinski definition) is 4. The lowest BCUT2D eigenvalue weighted by Crippen LogP contribution is -2.21. The highest BCUT2D eigenvalue weighted by Gasteiger charge is 2.16. The molecule has 1 amide bonds. The van der Waals surface area contributed by atoms with Crippen LogP contribution in [0.25, 0.3) is 0 Å². The topological polar surface area (TPSA) is 98.5 Å². The van der Waals surface area contributed by atoms with E-state index in [9.17, 15) is 13.2 Å². The summed E-state index contributed by atoms with van der Waals surface area (Å²) in [5.41, 5.74) is 0.876.